The molecule has 0 radical (unpaired) electrons. The van der Waals surface area contributed by atoms with Gasteiger partial charge in [0.2, 0.25) is 5.95 Å². The number of likely N-dealkylation sites (N-methyl/N-ethyl adjacent to an activating group) is 1. The van der Waals surface area contributed by atoms with Crippen molar-refractivity contribution in [1.29, 1.82) is 0 Å². The quantitative estimate of drug-likeness (QED) is 0.215. The molecule has 0 saturated carbocycles. The summed E-state index contributed by atoms with van der Waals surface area (Å²) in [5, 5.41) is 3.30. The number of ether oxygens (including phenoxy) is 2. The van der Waals surface area contributed by atoms with E-state index < -0.39 is 0 Å². The zero-order chi connectivity index (χ0) is 26.7. The number of aromatic nitrogens is 2. The van der Waals surface area contributed by atoms with E-state index in [0.29, 0.717) is 25.6 Å². The molecule has 3 aromatic carbocycles. The van der Waals surface area contributed by atoms with Crippen molar-refractivity contribution in [1.82, 2.24) is 14.9 Å². The highest BCUT2D eigenvalue weighted by molar-refractivity contribution is 5.63. The molecule has 4 rings (SSSR count). The first-order valence-electron chi connectivity index (χ1n) is 13.1. The SMILES string of the molecule is CCN(CC)CCOc1ccc(Nc2nc(C)cc(-c3ccc(OCCc4ccc(F)cc4)cc3)n2)cc1. The molecule has 0 unspecified atom stereocenters. The maximum Gasteiger partial charge on any atom is 0.227 e. The molecule has 0 spiro atoms. The molecule has 7 heteroatoms. The summed E-state index contributed by atoms with van der Waals surface area (Å²) in [5.74, 6) is 1.93. The largest absolute Gasteiger partial charge is 0.493 e. The van der Waals surface area contributed by atoms with Crippen LogP contribution < -0.4 is 14.8 Å². The van der Waals surface area contributed by atoms with Crippen LogP contribution in [0, 0.1) is 12.7 Å². The summed E-state index contributed by atoms with van der Waals surface area (Å²) in [5.41, 5.74) is 4.60. The Hall–Kier alpha value is -3.97. The molecule has 1 heterocycles. The third-order valence-electron chi connectivity index (χ3n) is 6.26. The van der Waals surface area contributed by atoms with Gasteiger partial charge in [0.25, 0.3) is 0 Å². The maximum atomic E-state index is 13.1. The van der Waals surface area contributed by atoms with Gasteiger partial charge >= 0.3 is 0 Å². The number of hydrogen-bond acceptors (Lipinski definition) is 6. The lowest BCUT2D eigenvalue weighted by atomic mass is 10.1. The van der Waals surface area contributed by atoms with E-state index in [0.717, 1.165) is 59.3 Å². The van der Waals surface area contributed by atoms with E-state index in [9.17, 15) is 4.39 Å². The Morgan fingerprint density at radius 1 is 0.789 bits per heavy atom. The predicted molar refractivity (Wildman–Crippen MR) is 151 cm³/mol. The Morgan fingerprint density at radius 2 is 1.42 bits per heavy atom. The van der Waals surface area contributed by atoms with Crippen LogP contribution in [0.4, 0.5) is 16.0 Å². The van der Waals surface area contributed by atoms with E-state index in [2.05, 4.69) is 29.0 Å². The molecule has 0 aliphatic rings. The number of nitrogens with zero attached hydrogens (tertiary/aromatic N) is 3. The smallest absolute Gasteiger partial charge is 0.227 e. The molecule has 0 fully saturated rings. The lowest BCUT2D eigenvalue weighted by Gasteiger charge is -2.18. The highest BCUT2D eigenvalue weighted by Crippen LogP contribution is 2.24. The Kier molecular flexibility index (Phi) is 9.65. The lowest BCUT2D eigenvalue weighted by molar-refractivity contribution is 0.223. The molecule has 0 aliphatic heterocycles. The number of hydrogen-bond donors (Lipinski definition) is 1. The van der Waals surface area contributed by atoms with Crippen molar-refractivity contribution in [2.75, 3.05) is 38.2 Å². The Morgan fingerprint density at radius 3 is 2.08 bits per heavy atom. The van der Waals surface area contributed by atoms with Gasteiger partial charge in [-0.05, 0) is 92.3 Å². The van der Waals surface area contributed by atoms with E-state index in [1.54, 1.807) is 12.1 Å². The van der Waals surface area contributed by atoms with E-state index >= 15 is 0 Å². The van der Waals surface area contributed by atoms with Crippen LogP contribution in [0.1, 0.15) is 25.1 Å². The Labute approximate surface area is 224 Å². The summed E-state index contributed by atoms with van der Waals surface area (Å²) in [6.45, 7) is 10.4. The molecule has 198 valence electrons. The van der Waals surface area contributed by atoms with Crippen LogP contribution in [-0.4, -0.2) is 47.7 Å². The fraction of sp³-hybridized carbons (Fsp3) is 0.290. The molecule has 1 aromatic heterocycles. The van der Waals surface area contributed by atoms with Gasteiger partial charge in [0, 0.05) is 29.9 Å². The van der Waals surface area contributed by atoms with Crippen LogP contribution >= 0.6 is 0 Å². The monoisotopic (exact) mass is 514 g/mol. The summed E-state index contributed by atoms with van der Waals surface area (Å²) >= 11 is 0. The minimum absolute atomic E-state index is 0.229. The number of aryl methyl sites for hydroxylation is 1. The summed E-state index contributed by atoms with van der Waals surface area (Å²) in [6.07, 6.45) is 0.714. The van der Waals surface area contributed by atoms with Crippen molar-refractivity contribution >= 4 is 11.6 Å². The minimum Gasteiger partial charge on any atom is -0.493 e. The van der Waals surface area contributed by atoms with Crippen LogP contribution in [0.2, 0.25) is 0 Å². The van der Waals surface area contributed by atoms with Gasteiger partial charge in [0.05, 0.1) is 12.3 Å². The molecule has 0 bridgehead atoms. The molecule has 0 atom stereocenters. The first kappa shape index (κ1) is 27.1. The predicted octanol–water partition coefficient (Wildman–Crippen LogP) is 6.68. The molecule has 0 amide bonds. The van der Waals surface area contributed by atoms with Gasteiger partial charge in [0.15, 0.2) is 0 Å². The van der Waals surface area contributed by atoms with Crippen molar-refractivity contribution in [2.45, 2.75) is 27.2 Å². The molecule has 0 aliphatic carbocycles. The lowest BCUT2D eigenvalue weighted by Crippen LogP contribution is -2.27. The molecule has 1 N–H and O–H groups in total. The average Bonchev–Trinajstić information content (AvgIpc) is 2.93. The summed E-state index contributed by atoms with van der Waals surface area (Å²) in [4.78, 5) is 11.6. The van der Waals surface area contributed by atoms with Gasteiger partial charge in [-0.2, -0.15) is 0 Å². The molecule has 4 aromatic rings. The van der Waals surface area contributed by atoms with Crippen LogP contribution in [0.3, 0.4) is 0 Å². The first-order valence-corrected chi connectivity index (χ1v) is 13.1. The normalized spacial score (nSPS) is 11.0. The summed E-state index contributed by atoms with van der Waals surface area (Å²) in [6, 6.07) is 24.1. The number of rotatable bonds is 13. The van der Waals surface area contributed by atoms with Gasteiger partial charge in [-0.3, -0.25) is 0 Å². The first-order chi connectivity index (χ1) is 18.5. The van der Waals surface area contributed by atoms with Gasteiger partial charge in [0.1, 0.15) is 23.9 Å². The van der Waals surface area contributed by atoms with Crippen molar-refractivity contribution in [3.63, 3.8) is 0 Å². The fourth-order valence-electron chi connectivity index (χ4n) is 4.03. The molecule has 6 nitrogen and oxygen atoms in total. The topological polar surface area (TPSA) is 59.5 Å². The number of nitrogens with one attached hydrogen (secondary N) is 1. The van der Waals surface area contributed by atoms with E-state index in [1.165, 1.54) is 12.1 Å². The zero-order valence-electron chi connectivity index (χ0n) is 22.3. The van der Waals surface area contributed by atoms with Gasteiger partial charge < -0.3 is 19.7 Å². The molecule has 0 saturated heterocycles. The van der Waals surface area contributed by atoms with Crippen molar-refractivity contribution in [3.05, 3.63) is 95.9 Å². The second kappa shape index (κ2) is 13.5. The van der Waals surface area contributed by atoms with E-state index in [4.69, 9.17) is 14.5 Å². The van der Waals surface area contributed by atoms with Gasteiger partial charge in [-0.25, -0.2) is 14.4 Å². The highest BCUT2D eigenvalue weighted by Gasteiger charge is 2.07. The minimum atomic E-state index is -0.229. The second-order valence-corrected chi connectivity index (χ2v) is 8.99. The third-order valence-corrected chi connectivity index (χ3v) is 6.26. The van der Waals surface area contributed by atoms with Gasteiger partial charge in [-0.15, -0.1) is 0 Å². The van der Waals surface area contributed by atoms with E-state index in [-0.39, 0.29) is 5.82 Å². The van der Waals surface area contributed by atoms with Crippen LogP contribution in [0.15, 0.2) is 78.9 Å². The number of anilines is 2. The summed E-state index contributed by atoms with van der Waals surface area (Å²) < 4.78 is 24.8. The standard InChI is InChI=1S/C31H35FN4O2/c1-4-36(5-2)19-21-38-29-16-12-27(13-17-29)34-31-33-23(3)22-30(35-31)25-8-14-28(15-9-25)37-20-18-24-6-10-26(32)11-7-24/h6-17,22H,4-5,18-21H2,1-3H3,(H,33,34,35). The number of benzene rings is 3. The average molecular weight is 515 g/mol. The fourth-order valence-corrected chi connectivity index (χ4v) is 4.03. The maximum absolute atomic E-state index is 13.1. The number of halogens is 1. The Bertz CT molecular complexity index is 1280. The van der Waals surface area contributed by atoms with Crippen molar-refractivity contribution in [3.8, 4) is 22.8 Å². The van der Waals surface area contributed by atoms with Crippen molar-refractivity contribution in [2.24, 2.45) is 0 Å². The highest BCUT2D eigenvalue weighted by atomic mass is 19.1. The summed E-state index contributed by atoms with van der Waals surface area (Å²) in [7, 11) is 0. The second-order valence-electron chi connectivity index (χ2n) is 8.99. The molecule has 38 heavy (non-hydrogen) atoms. The van der Waals surface area contributed by atoms with E-state index in [1.807, 2.05) is 61.5 Å². The third kappa shape index (κ3) is 8.02. The van der Waals surface area contributed by atoms with Crippen molar-refractivity contribution < 1.29 is 13.9 Å². The van der Waals surface area contributed by atoms with Crippen LogP contribution in [-0.2, 0) is 6.42 Å². The Balaban J connectivity index is 1.33. The van der Waals surface area contributed by atoms with Crippen LogP contribution in [0.25, 0.3) is 11.3 Å². The molecular formula is C31H35FN4O2. The zero-order valence-corrected chi connectivity index (χ0v) is 22.3. The van der Waals surface area contributed by atoms with Crippen LogP contribution in [0.5, 0.6) is 11.5 Å². The molecular weight excluding hydrogens is 479 g/mol. The van der Waals surface area contributed by atoms with Gasteiger partial charge in [-0.1, -0.05) is 26.0 Å².